The van der Waals surface area contributed by atoms with Crippen molar-refractivity contribution in [3.63, 3.8) is 0 Å². The first-order valence-electron chi connectivity index (χ1n) is 7.52. The molecule has 4 heteroatoms. The van der Waals surface area contributed by atoms with Gasteiger partial charge < -0.3 is 9.64 Å². The number of benzene rings is 1. The topological polar surface area (TPSA) is 38.2 Å². The molecule has 1 aliphatic carbocycles. The Bertz CT molecular complexity index is 610. The Hall–Kier alpha value is -2.10. The Balaban J connectivity index is 1.76. The van der Waals surface area contributed by atoms with Gasteiger partial charge in [0.15, 0.2) is 0 Å². The van der Waals surface area contributed by atoms with E-state index in [1.54, 1.807) is 0 Å². The monoisotopic (exact) mass is 283 g/mol. The van der Waals surface area contributed by atoms with Crippen LogP contribution in [0.1, 0.15) is 37.1 Å². The molecule has 2 aromatic rings. The summed E-state index contributed by atoms with van der Waals surface area (Å²) in [5.41, 5.74) is 1.17. The molecule has 0 radical (unpaired) electrons. The summed E-state index contributed by atoms with van der Waals surface area (Å²) in [5, 5.41) is 0. The molecule has 21 heavy (non-hydrogen) atoms. The number of para-hydroxylation sites is 1. The van der Waals surface area contributed by atoms with E-state index in [9.17, 15) is 0 Å². The maximum Gasteiger partial charge on any atom is 0.133 e. The minimum Gasteiger partial charge on any atom is -0.494 e. The van der Waals surface area contributed by atoms with Crippen molar-refractivity contribution in [2.45, 2.75) is 32.2 Å². The summed E-state index contributed by atoms with van der Waals surface area (Å²) in [6.07, 6.45) is 4.31. The van der Waals surface area contributed by atoms with Crippen molar-refractivity contribution < 1.29 is 4.74 Å². The van der Waals surface area contributed by atoms with Crippen LogP contribution >= 0.6 is 0 Å². The zero-order valence-electron chi connectivity index (χ0n) is 12.6. The van der Waals surface area contributed by atoms with Crippen LogP contribution in [0.15, 0.2) is 36.5 Å². The number of ether oxygens (including phenoxy) is 1. The summed E-state index contributed by atoms with van der Waals surface area (Å²) in [7, 11) is 2.06. The van der Waals surface area contributed by atoms with Crippen LogP contribution in [0.4, 0.5) is 5.82 Å². The van der Waals surface area contributed by atoms with Gasteiger partial charge in [-0.2, -0.15) is 0 Å². The Kier molecular flexibility index (Phi) is 4.04. The van der Waals surface area contributed by atoms with Gasteiger partial charge in [0, 0.05) is 31.3 Å². The molecule has 0 amide bonds. The zero-order chi connectivity index (χ0) is 14.7. The molecule has 110 valence electrons. The van der Waals surface area contributed by atoms with Crippen molar-refractivity contribution >= 4 is 5.82 Å². The molecule has 1 heterocycles. The molecule has 0 saturated heterocycles. The fourth-order valence-corrected chi connectivity index (χ4v) is 2.38. The van der Waals surface area contributed by atoms with Gasteiger partial charge in [0.25, 0.3) is 0 Å². The third-order valence-corrected chi connectivity index (χ3v) is 3.67. The maximum atomic E-state index is 5.69. The Labute approximate surface area is 125 Å². The number of nitrogens with zero attached hydrogens (tertiary/aromatic N) is 3. The highest BCUT2D eigenvalue weighted by Gasteiger charge is 2.26. The Morgan fingerprint density at radius 1 is 1.24 bits per heavy atom. The first kappa shape index (κ1) is 13.9. The van der Waals surface area contributed by atoms with Crippen molar-refractivity contribution in [3.8, 4) is 5.75 Å². The number of aromatic nitrogens is 2. The molecule has 0 unspecified atom stereocenters. The highest BCUT2D eigenvalue weighted by molar-refractivity contribution is 5.42. The second-order valence-corrected chi connectivity index (χ2v) is 5.44. The molecule has 0 bridgehead atoms. The number of hydrogen-bond acceptors (Lipinski definition) is 4. The van der Waals surface area contributed by atoms with Gasteiger partial charge in [-0.05, 0) is 31.9 Å². The van der Waals surface area contributed by atoms with Crippen LogP contribution in [-0.4, -0.2) is 23.6 Å². The van der Waals surface area contributed by atoms with Crippen LogP contribution in [0.3, 0.4) is 0 Å². The summed E-state index contributed by atoms with van der Waals surface area (Å²) in [5.74, 6) is 3.48. The van der Waals surface area contributed by atoms with Gasteiger partial charge in [-0.25, -0.2) is 9.97 Å². The van der Waals surface area contributed by atoms with Crippen molar-refractivity contribution in [2.24, 2.45) is 0 Å². The summed E-state index contributed by atoms with van der Waals surface area (Å²) >= 11 is 0. The Morgan fingerprint density at radius 3 is 2.81 bits per heavy atom. The maximum absolute atomic E-state index is 5.69. The van der Waals surface area contributed by atoms with Crippen molar-refractivity contribution in [1.29, 1.82) is 0 Å². The smallest absolute Gasteiger partial charge is 0.133 e. The van der Waals surface area contributed by atoms with Crippen molar-refractivity contribution in [2.75, 3.05) is 18.6 Å². The van der Waals surface area contributed by atoms with E-state index >= 15 is 0 Å². The predicted molar refractivity (Wildman–Crippen MR) is 83.7 cm³/mol. The van der Waals surface area contributed by atoms with Gasteiger partial charge in [0.1, 0.15) is 17.4 Å². The summed E-state index contributed by atoms with van der Waals surface area (Å²) in [6, 6.07) is 10.1. The number of anilines is 1. The molecule has 1 saturated carbocycles. The lowest BCUT2D eigenvalue weighted by atomic mass is 10.2. The van der Waals surface area contributed by atoms with Crippen LogP contribution in [0.2, 0.25) is 0 Å². The van der Waals surface area contributed by atoms with Crippen LogP contribution in [-0.2, 0) is 6.54 Å². The average Bonchev–Trinajstić information content (AvgIpc) is 3.34. The van der Waals surface area contributed by atoms with Crippen LogP contribution in [0.5, 0.6) is 5.75 Å². The van der Waals surface area contributed by atoms with E-state index in [2.05, 4.69) is 28.0 Å². The van der Waals surface area contributed by atoms with Gasteiger partial charge in [0.05, 0.1) is 6.61 Å². The van der Waals surface area contributed by atoms with Gasteiger partial charge in [-0.15, -0.1) is 0 Å². The zero-order valence-corrected chi connectivity index (χ0v) is 12.6. The normalized spacial score (nSPS) is 14.0. The molecular weight excluding hydrogens is 262 g/mol. The molecular formula is C17H21N3O. The highest BCUT2D eigenvalue weighted by atomic mass is 16.5. The molecule has 0 N–H and O–H groups in total. The van der Waals surface area contributed by atoms with Gasteiger partial charge >= 0.3 is 0 Å². The minimum atomic E-state index is 0.578. The molecule has 1 fully saturated rings. The lowest BCUT2D eigenvalue weighted by molar-refractivity contribution is 0.336. The van der Waals surface area contributed by atoms with Gasteiger partial charge in [0.2, 0.25) is 0 Å². The molecule has 0 spiro atoms. The molecule has 0 atom stereocenters. The van der Waals surface area contributed by atoms with E-state index in [0.29, 0.717) is 12.5 Å². The molecule has 3 rings (SSSR count). The average molecular weight is 283 g/mol. The number of rotatable bonds is 6. The third kappa shape index (κ3) is 3.32. The SMILES string of the molecule is CCOc1ccccc1CN(C)c1ccnc(C2CC2)n1. The van der Waals surface area contributed by atoms with Crippen molar-refractivity contribution in [1.82, 2.24) is 9.97 Å². The third-order valence-electron chi connectivity index (χ3n) is 3.67. The molecule has 0 aliphatic heterocycles. The second kappa shape index (κ2) is 6.12. The molecule has 4 nitrogen and oxygen atoms in total. The molecule has 1 aliphatic rings. The predicted octanol–water partition coefficient (Wildman–Crippen LogP) is 3.39. The lowest BCUT2D eigenvalue weighted by Gasteiger charge is -2.20. The van der Waals surface area contributed by atoms with Gasteiger partial charge in [-0.1, -0.05) is 18.2 Å². The summed E-state index contributed by atoms with van der Waals surface area (Å²) in [6.45, 7) is 3.46. The highest BCUT2D eigenvalue weighted by Crippen LogP contribution is 2.38. The first-order chi connectivity index (χ1) is 10.3. The summed E-state index contributed by atoms with van der Waals surface area (Å²) in [4.78, 5) is 11.2. The van der Waals surface area contributed by atoms with Crippen LogP contribution < -0.4 is 9.64 Å². The fourth-order valence-electron chi connectivity index (χ4n) is 2.38. The van der Waals surface area contributed by atoms with E-state index in [1.807, 2.05) is 37.4 Å². The van der Waals surface area contributed by atoms with E-state index < -0.39 is 0 Å². The van der Waals surface area contributed by atoms with E-state index in [-0.39, 0.29) is 0 Å². The summed E-state index contributed by atoms with van der Waals surface area (Å²) < 4.78 is 5.69. The van der Waals surface area contributed by atoms with Crippen LogP contribution in [0, 0.1) is 0 Å². The van der Waals surface area contributed by atoms with E-state index in [0.717, 1.165) is 23.9 Å². The lowest BCUT2D eigenvalue weighted by Crippen LogP contribution is -2.19. The minimum absolute atomic E-state index is 0.578. The van der Waals surface area contributed by atoms with Crippen LogP contribution in [0.25, 0.3) is 0 Å². The quantitative estimate of drug-likeness (QED) is 0.814. The van der Waals surface area contributed by atoms with E-state index in [4.69, 9.17) is 4.74 Å². The Morgan fingerprint density at radius 2 is 2.05 bits per heavy atom. The first-order valence-corrected chi connectivity index (χ1v) is 7.52. The second-order valence-electron chi connectivity index (χ2n) is 5.44. The van der Waals surface area contributed by atoms with E-state index in [1.165, 1.54) is 18.4 Å². The fraction of sp³-hybridized carbons (Fsp3) is 0.412. The number of hydrogen-bond donors (Lipinski definition) is 0. The molecule has 1 aromatic heterocycles. The molecule has 1 aromatic carbocycles. The largest absolute Gasteiger partial charge is 0.494 e. The van der Waals surface area contributed by atoms with Crippen molar-refractivity contribution in [3.05, 3.63) is 47.9 Å². The standard InChI is InChI=1S/C17H21N3O/c1-3-21-15-7-5-4-6-14(15)12-20(2)16-10-11-18-17(19-16)13-8-9-13/h4-7,10-11,13H,3,8-9,12H2,1-2H3. The van der Waals surface area contributed by atoms with Gasteiger partial charge in [-0.3, -0.25) is 0 Å².